The fraction of sp³-hybridized carbons (Fsp3) is 0.280. The number of anilines is 1. The number of nitrogens with zero attached hydrogens (tertiary/aromatic N) is 2. The smallest absolute Gasteiger partial charge is 0.248 e. The molecule has 1 amide bonds. The number of sulfonamides is 1. The van der Waals surface area contributed by atoms with E-state index in [-0.39, 0.29) is 40.9 Å². The number of aryl methyl sites for hydroxylation is 2. The van der Waals surface area contributed by atoms with Crippen LogP contribution in [0.5, 0.6) is 0 Å². The molecule has 1 aromatic heterocycles. The number of hydrogen-bond acceptors (Lipinski definition) is 5. The highest BCUT2D eigenvalue weighted by atomic mass is 35.5. The van der Waals surface area contributed by atoms with Crippen LogP contribution in [0, 0.1) is 25.6 Å². The van der Waals surface area contributed by atoms with Gasteiger partial charge in [0.25, 0.3) is 0 Å². The molecule has 35 heavy (non-hydrogen) atoms. The van der Waals surface area contributed by atoms with Gasteiger partial charge >= 0.3 is 0 Å². The van der Waals surface area contributed by atoms with Crippen LogP contribution in [0.25, 0.3) is 12.2 Å². The van der Waals surface area contributed by atoms with Gasteiger partial charge in [-0.05, 0) is 68.7 Å². The molecule has 1 fully saturated rings. The van der Waals surface area contributed by atoms with Crippen molar-refractivity contribution in [2.45, 2.75) is 31.6 Å². The third-order valence-electron chi connectivity index (χ3n) is 5.95. The van der Waals surface area contributed by atoms with E-state index < -0.39 is 21.8 Å². The van der Waals surface area contributed by atoms with Crippen LogP contribution in [0.2, 0.25) is 5.02 Å². The topological polar surface area (TPSA) is 92.5 Å². The van der Waals surface area contributed by atoms with Crippen LogP contribution in [-0.4, -0.2) is 36.9 Å². The number of halogens is 2. The van der Waals surface area contributed by atoms with E-state index in [4.69, 9.17) is 16.1 Å². The maximum Gasteiger partial charge on any atom is 0.248 e. The second kappa shape index (κ2) is 10.3. The number of hydrogen-bond donors (Lipinski definition) is 1. The first-order chi connectivity index (χ1) is 16.7. The summed E-state index contributed by atoms with van der Waals surface area (Å²) in [6, 6.07) is 11.3. The summed E-state index contributed by atoms with van der Waals surface area (Å²) in [6.07, 6.45) is 3.92. The Morgan fingerprint density at radius 3 is 2.74 bits per heavy atom. The van der Waals surface area contributed by atoms with E-state index >= 15 is 0 Å². The third kappa shape index (κ3) is 5.47. The average molecular weight is 518 g/mol. The van der Waals surface area contributed by atoms with Crippen LogP contribution in [0.3, 0.4) is 0 Å². The fourth-order valence-corrected chi connectivity index (χ4v) is 6.08. The van der Waals surface area contributed by atoms with Gasteiger partial charge < -0.3 is 9.84 Å². The Kier molecular flexibility index (Phi) is 7.39. The molecule has 2 aromatic carbocycles. The van der Waals surface area contributed by atoms with E-state index in [2.05, 4.69) is 10.5 Å². The van der Waals surface area contributed by atoms with Crippen molar-refractivity contribution in [3.63, 3.8) is 0 Å². The van der Waals surface area contributed by atoms with Gasteiger partial charge in [-0.1, -0.05) is 35.0 Å². The molecule has 1 atom stereocenters. The Hall–Kier alpha value is -3.01. The normalized spacial score (nSPS) is 17.1. The predicted octanol–water partition coefficient (Wildman–Crippen LogP) is 5.29. The minimum atomic E-state index is -4.01. The number of carbonyl (C=O) groups excluding carboxylic acids is 1. The van der Waals surface area contributed by atoms with Gasteiger partial charge in [0.15, 0.2) is 10.7 Å². The molecule has 1 saturated heterocycles. The number of amides is 1. The Labute approximate surface area is 208 Å². The summed E-state index contributed by atoms with van der Waals surface area (Å²) >= 11 is 5.99. The number of aromatic nitrogens is 1. The molecule has 4 rings (SSSR count). The highest BCUT2D eigenvalue weighted by molar-refractivity contribution is 7.89. The van der Waals surface area contributed by atoms with E-state index in [1.54, 1.807) is 36.4 Å². The van der Waals surface area contributed by atoms with Crippen LogP contribution in [0.15, 0.2) is 51.9 Å². The van der Waals surface area contributed by atoms with Gasteiger partial charge in [-0.25, -0.2) is 12.8 Å². The Morgan fingerprint density at radius 2 is 2.00 bits per heavy atom. The van der Waals surface area contributed by atoms with Crippen molar-refractivity contribution in [3.8, 4) is 0 Å². The molecule has 10 heteroatoms. The van der Waals surface area contributed by atoms with Gasteiger partial charge in [0.1, 0.15) is 11.5 Å². The van der Waals surface area contributed by atoms with Crippen LogP contribution in [-0.2, 0) is 14.8 Å². The zero-order valence-corrected chi connectivity index (χ0v) is 20.9. The Bertz CT molecular complexity index is 1390. The van der Waals surface area contributed by atoms with Gasteiger partial charge in [0.2, 0.25) is 15.9 Å². The molecular weight excluding hydrogens is 493 g/mol. The number of piperidine rings is 1. The molecule has 0 aliphatic carbocycles. The lowest BCUT2D eigenvalue weighted by atomic mass is 9.98. The van der Waals surface area contributed by atoms with E-state index in [0.717, 1.165) is 5.56 Å². The van der Waals surface area contributed by atoms with Crippen molar-refractivity contribution in [2.24, 2.45) is 5.92 Å². The number of benzene rings is 2. The average Bonchev–Trinajstić information content (AvgIpc) is 3.21. The monoisotopic (exact) mass is 517 g/mol. The minimum absolute atomic E-state index is 0.00844. The number of rotatable bonds is 6. The third-order valence-corrected chi connectivity index (χ3v) is 8.21. The maximum atomic E-state index is 14.0. The highest BCUT2D eigenvalue weighted by Gasteiger charge is 2.37. The summed E-state index contributed by atoms with van der Waals surface area (Å²) in [5.74, 6) is -1.21. The Morgan fingerprint density at radius 1 is 1.23 bits per heavy atom. The molecule has 3 aromatic rings. The van der Waals surface area contributed by atoms with Gasteiger partial charge in [-0.3, -0.25) is 4.79 Å². The van der Waals surface area contributed by atoms with Gasteiger partial charge in [0.05, 0.1) is 5.92 Å². The van der Waals surface area contributed by atoms with Gasteiger partial charge in [0, 0.05) is 29.4 Å². The van der Waals surface area contributed by atoms with Crippen LogP contribution in [0.4, 0.5) is 10.1 Å². The quantitative estimate of drug-likeness (QED) is 0.479. The second-order valence-corrected chi connectivity index (χ2v) is 10.8. The summed E-state index contributed by atoms with van der Waals surface area (Å²) in [5.41, 5.74) is 1.94. The van der Waals surface area contributed by atoms with E-state index in [1.807, 2.05) is 6.92 Å². The molecule has 1 N–H and O–H groups in total. The summed E-state index contributed by atoms with van der Waals surface area (Å²) in [6.45, 7) is 3.67. The first kappa shape index (κ1) is 25.1. The molecular formula is C25H25ClFN3O4S. The van der Waals surface area contributed by atoms with Crippen molar-refractivity contribution >= 4 is 45.4 Å². The van der Waals surface area contributed by atoms with E-state index in [9.17, 15) is 17.6 Å². The number of carbonyl (C=O) groups is 1. The van der Waals surface area contributed by atoms with Crippen molar-refractivity contribution in [1.29, 1.82) is 0 Å². The zero-order chi connectivity index (χ0) is 25.2. The Balaban J connectivity index is 1.54. The highest BCUT2D eigenvalue weighted by Crippen LogP contribution is 2.30. The summed E-state index contributed by atoms with van der Waals surface area (Å²) in [5, 5.41) is 7.28. The van der Waals surface area contributed by atoms with Crippen LogP contribution in [0.1, 0.15) is 35.4 Å². The lowest BCUT2D eigenvalue weighted by molar-refractivity contribution is -0.120. The minimum Gasteiger partial charge on any atom is -0.355 e. The van der Waals surface area contributed by atoms with Crippen molar-refractivity contribution < 1.29 is 22.1 Å². The lowest BCUT2D eigenvalue weighted by Gasteiger charge is -2.31. The van der Waals surface area contributed by atoms with Crippen molar-refractivity contribution in [2.75, 3.05) is 18.4 Å². The molecule has 0 spiro atoms. The fourth-order valence-electron chi connectivity index (χ4n) is 4.08. The number of nitrogens with one attached hydrogen (secondary N) is 1. The zero-order valence-electron chi connectivity index (χ0n) is 19.3. The molecule has 1 unspecified atom stereocenters. The molecule has 1 aliphatic heterocycles. The SMILES string of the molecule is Cc1cc(Cl)ccc1NC(=O)C1CCCN(S(=O)(=O)c2c(C)noc2C=Cc2ccccc2F)C1. The van der Waals surface area contributed by atoms with Gasteiger partial charge in [-0.2, -0.15) is 4.31 Å². The first-order valence-electron chi connectivity index (χ1n) is 11.1. The lowest BCUT2D eigenvalue weighted by Crippen LogP contribution is -2.44. The maximum absolute atomic E-state index is 14.0. The molecule has 0 radical (unpaired) electrons. The summed E-state index contributed by atoms with van der Waals surface area (Å²) < 4.78 is 47.6. The molecule has 0 bridgehead atoms. The summed E-state index contributed by atoms with van der Waals surface area (Å²) in [4.78, 5) is 12.9. The van der Waals surface area contributed by atoms with Crippen LogP contribution >= 0.6 is 11.6 Å². The van der Waals surface area contributed by atoms with Crippen LogP contribution < -0.4 is 5.32 Å². The van der Waals surface area contributed by atoms with Crippen molar-refractivity contribution in [3.05, 3.63) is 75.9 Å². The predicted molar refractivity (Wildman–Crippen MR) is 133 cm³/mol. The second-order valence-electron chi connectivity index (χ2n) is 8.47. The molecule has 1 aliphatic rings. The summed E-state index contributed by atoms with van der Waals surface area (Å²) in [7, 11) is -4.01. The molecule has 0 saturated carbocycles. The first-order valence-corrected chi connectivity index (χ1v) is 12.9. The van der Waals surface area contributed by atoms with Gasteiger partial charge in [-0.15, -0.1) is 0 Å². The van der Waals surface area contributed by atoms with Crippen molar-refractivity contribution in [1.82, 2.24) is 9.46 Å². The largest absolute Gasteiger partial charge is 0.355 e. The molecule has 184 valence electrons. The standard InChI is InChI=1S/C25H25ClFN3O4S/c1-16-14-20(26)10-11-22(16)28-25(31)19-7-5-13-30(15-19)35(32,33)24-17(2)29-34-23(24)12-9-18-6-3-4-8-21(18)27/h3-4,6,8-12,14,19H,5,7,13,15H2,1-2H3,(H,28,31). The molecule has 2 heterocycles. The van der Waals surface area contributed by atoms with E-state index in [0.29, 0.717) is 23.6 Å². The molecule has 7 nitrogen and oxygen atoms in total. The van der Waals surface area contributed by atoms with E-state index in [1.165, 1.54) is 29.4 Å².